The topological polar surface area (TPSA) is 80.5 Å². The maximum atomic E-state index is 12.9. The van der Waals surface area contributed by atoms with Crippen LogP contribution >= 0.6 is 11.8 Å². The Bertz CT molecular complexity index is 1090. The number of thioether (sulfide) groups is 1. The molecule has 1 aromatic carbocycles. The maximum absolute atomic E-state index is 12.9. The molecule has 30 heavy (non-hydrogen) atoms. The summed E-state index contributed by atoms with van der Waals surface area (Å²) in [5, 5.41) is 11.2. The minimum atomic E-state index is -0.254. The summed E-state index contributed by atoms with van der Waals surface area (Å²) in [6.45, 7) is 2.35. The molecule has 3 aromatic rings. The van der Waals surface area contributed by atoms with Crippen molar-refractivity contribution in [1.82, 2.24) is 14.6 Å². The molecule has 1 unspecified atom stereocenters. The first kappa shape index (κ1) is 19.2. The molecule has 7 nitrogen and oxygen atoms in total. The Balaban J connectivity index is 1.37. The largest absolute Gasteiger partial charge is 0.494 e. The number of benzene rings is 1. The monoisotopic (exact) mass is 423 g/mol. The van der Waals surface area contributed by atoms with E-state index in [9.17, 15) is 4.79 Å². The van der Waals surface area contributed by atoms with Crippen molar-refractivity contribution in [3.05, 3.63) is 42.4 Å². The fourth-order valence-corrected chi connectivity index (χ4v) is 5.69. The lowest BCUT2D eigenvalue weighted by molar-refractivity contribution is 0.102. The van der Waals surface area contributed by atoms with E-state index in [1.807, 2.05) is 23.9 Å². The number of ether oxygens (including phenoxy) is 1. The average Bonchev–Trinajstić information content (AvgIpc) is 3.37. The highest BCUT2D eigenvalue weighted by molar-refractivity contribution is 8.00. The molecule has 3 heterocycles. The summed E-state index contributed by atoms with van der Waals surface area (Å²) < 4.78 is 7.16. The van der Waals surface area contributed by atoms with Crippen LogP contribution in [0.4, 0.5) is 11.4 Å². The second kappa shape index (κ2) is 7.83. The Morgan fingerprint density at radius 1 is 1.30 bits per heavy atom. The van der Waals surface area contributed by atoms with E-state index in [1.165, 1.54) is 31.9 Å². The predicted octanol–water partition coefficient (Wildman–Crippen LogP) is 4.66. The van der Waals surface area contributed by atoms with E-state index < -0.39 is 0 Å². The number of methoxy groups -OCH3 is 1. The standard InChI is InChI=1S/C22H25N5O2S/c1-13-4-6-14(7-5-13)22-26-17-10-18(29-2)16(11-19(17)30-22)25-21(28)15-12-24-27-9-3-8-23-20(15)27/h3,8-14,22,26H,4-7H2,1-2H3,(H,25,28). The van der Waals surface area contributed by atoms with Crippen LogP contribution < -0.4 is 15.4 Å². The number of carbonyl (C=O) groups excluding carboxylic acids is 1. The van der Waals surface area contributed by atoms with Crippen LogP contribution in [-0.4, -0.2) is 33.0 Å². The molecule has 1 fully saturated rings. The third-order valence-corrected chi connectivity index (χ3v) is 7.46. The lowest BCUT2D eigenvalue weighted by Crippen LogP contribution is -2.26. The molecular formula is C22H25N5O2S. The number of aromatic nitrogens is 3. The quantitative estimate of drug-likeness (QED) is 0.635. The second-order valence-electron chi connectivity index (χ2n) is 8.15. The summed E-state index contributed by atoms with van der Waals surface area (Å²) in [7, 11) is 1.62. The number of rotatable bonds is 4. The number of nitrogens with zero attached hydrogens (tertiary/aromatic N) is 3. The van der Waals surface area contributed by atoms with Crippen molar-refractivity contribution in [2.75, 3.05) is 17.7 Å². The van der Waals surface area contributed by atoms with Gasteiger partial charge in [0.25, 0.3) is 5.91 Å². The summed E-state index contributed by atoms with van der Waals surface area (Å²) in [4.78, 5) is 18.3. The summed E-state index contributed by atoms with van der Waals surface area (Å²) in [5.41, 5.74) is 2.69. The minimum absolute atomic E-state index is 0.254. The molecule has 1 saturated carbocycles. The first-order valence-corrected chi connectivity index (χ1v) is 11.3. The van der Waals surface area contributed by atoms with Crippen molar-refractivity contribution in [3.63, 3.8) is 0 Å². The van der Waals surface area contributed by atoms with Crippen LogP contribution in [0.25, 0.3) is 5.65 Å². The van der Waals surface area contributed by atoms with Crippen molar-refractivity contribution >= 4 is 34.7 Å². The van der Waals surface area contributed by atoms with Gasteiger partial charge in [0.05, 0.1) is 30.1 Å². The fourth-order valence-electron chi connectivity index (χ4n) is 4.34. The van der Waals surface area contributed by atoms with Crippen molar-refractivity contribution < 1.29 is 9.53 Å². The Morgan fingerprint density at radius 2 is 2.13 bits per heavy atom. The molecule has 2 aromatic heterocycles. The average molecular weight is 424 g/mol. The molecular weight excluding hydrogens is 398 g/mol. The van der Waals surface area contributed by atoms with Gasteiger partial charge in [-0.05, 0) is 36.8 Å². The predicted molar refractivity (Wildman–Crippen MR) is 118 cm³/mol. The van der Waals surface area contributed by atoms with Crippen molar-refractivity contribution in [1.29, 1.82) is 0 Å². The molecule has 0 radical (unpaired) electrons. The van der Waals surface area contributed by atoms with Gasteiger partial charge < -0.3 is 15.4 Å². The Morgan fingerprint density at radius 3 is 2.93 bits per heavy atom. The van der Waals surface area contributed by atoms with Crippen LogP contribution in [0.3, 0.4) is 0 Å². The van der Waals surface area contributed by atoms with Crippen LogP contribution in [0.1, 0.15) is 43.0 Å². The molecule has 1 aliphatic carbocycles. The number of hydrogen-bond donors (Lipinski definition) is 2. The third kappa shape index (κ3) is 3.49. The van der Waals surface area contributed by atoms with Crippen LogP contribution in [0.15, 0.2) is 41.7 Å². The van der Waals surface area contributed by atoms with Crippen molar-refractivity contribution in [3.8, 4) is 5.75 Å². The van der Waals surface area contributed by atoms with Crippen LogP contribution in [0.5, 0.6) is 5.75 Å². The van der Waals surface area contributed by atoms with Crippen molar-refractivity contribution in [2.24, 2.45) is 11.8 Å². The summed E-state index contributed by atoms with van der Waals surface area (Å²) in [6, 6.07) is 5.77. The van der Waals surface area contributed by atoms with E-state index in [-0.39, 0.29) is 5.91 Å². The van der Waals surface area contributed by atoms with Gasteiger partial charge in [-0.25, -0.2) is 9.50 Å². The number of anilines is 2. The molecule has 1 aliphatic heterocycles. The first-order chi connectivity index (χ1) is 14.6. The van der Waals surface area contributed by atoms with Gasteiger partial charge in [-0.3, -0.25) is 4.79 Å². The molecule has 2 N–H and O–H groups in total. The molecule has 1 atom stereocenters. The number of fused-ring (bicyclic) bond motifs is 2. The van der Waals surface area contributed by atoms with E-state index in [0.29, 0.717) is 33.9 Å². The van der Waals surface area contributed by atoms with Crippen molar-refractivity contribution in [2.45, 2.75) is 42.9 Å². The van der Waals surface area contributed by atoms with Gasteiger partial charge in [0.15, 0.2) is 5.65 Å². The summed E-state index contributed by atoms with van der Waals surface area (Å²) >= 11 is 1.86. The molecule has 0 bridgehead atoms. The van der Waals surface area contributed by atoms with Gasteiger partial charge in [-0.15, -0.1) is 0 Å². The molecule has 156 valence electrons. The van der Waals surface area contributed by atoms with Crippen LogP contribution in [-0.2, 0) is 0 Å². The number of nitrogens with one attached hydrogen (secondary N) is 2. The minimum Gasteiger partial charge on any atom is -0.494 e. The van der Waals surface area contributed by atoms with Gasteiger partial charge in [0.2, 0.25) is 0 Å². The zero-order valence-electron chi connectivity index (χ0n) is 17.1. The molecule has 0 saturated heterocycles. The van der Waals surface area contributed by atoms with Gasteiger partial charge >= 0.3 is 0 Å². The Kier molecular flexibility index (Phi) is 5.02. The number of amides is 1. The second-order valence-corrected chi connectivity index (χ2v) is 9.34. The highest BCUT2D eigenvalue weighted by atomic mass is 32.2. The lowest BCUT2D eigenvalue weighted by Gasteiger charge is -2.30. The van der Waals surface area contributed by atoms with Gasteiger partial charge in [0.1, 0.15) is 11.3 Å². The Labute approximate surface area is 179 Å². The summed E-state index contributed by atoms with van der Waals surface area (Å²) in [6.07, 6.45) is 10.1. The van der Waals surface area contributed by atoms with E-state index in [1.54, 1.807) is 30.1 Å². The fraction of sp³-hybridized carbons (Fsp3) is 0.409. The lowest BCUT2D eigenvalue weighted by atomic mass is 9.83. The molecule has 0 spiro atoms. The van der Waals surface area contributed by atoms with E-state index in [2.05, 4.69) is 27.6 Å². The van der Waals surface area contributed by atoms with E-state index in [4.69, 9.17) is 4.74 Å². The van der Waals surface area contributed by atoms with Crippen LogP contribution in [0, 0.1) is 11.8 Å². The molecule has 1 amide bonds. The van der Waals surface area contributed by atoms with Gasteiger partial charge in [-0.2, -0.15) is 5.10 Å². The molecule has 8 heteroatoms. The van der Waals surface area contributed by atoms with Crippen LogP contribution in [0.2, 0.25) is 0 Å². The molecule has 2 aliphatic rings. The normalized spacial score (nSPS) is 23.1. The zero-order chi connectivity index (χ0) is 20.7. The first-order valence-electron chi connectivity index (χ1n) is 10.4. The summed E-state index contributed by atoms with van der Waals surface area (Å²) in [5.74, 6) is 1.90. The third-order valence-electron chi connectivity index (χ3n) is 6.11. The van der Waals surface area contributed by atoms with E-state index >= 15 is 0 Å². The number of carbonyl (C=O) groups is 1. The Hall–Kier alpha value is -2.74. The SMILES string of the molecule is COc1cc2c(cc1NC(=O)c1cnn3cccnc13)SC(C1CCC(C)CC1)N2. The maximum Gasteiger partial charge on any atom is 0.261 e. The van der Waals surface area contributed by atoms with Gasteiger partial charge in [0, 0.05) is 23.4 Å². The zero-order valence-corrected chi connectivity index (χ0v) is 17.9. The molecule has 5 rings (SSSR count). The smallest absolute Gasteiger partial charge is 0.261 e. The highest BCUT2D eigenvalue weighted by Gasteiger charge is 2.32. The van der Waals surface area contributed by atoms with E-state index in [0.717, 1.165) is 16.5 Å². The highest BCUT2D eigenvalue weighted by Crippen LogP contribution is 2.48. The van der Waals surface area contributed by atoms with Gasteiger partial charge in [-0.1, -0.05) is 31.5 Å². The number of hydrogen-bond acceptors (Lipinski definition) is 6.